The Morgan fingerprint density at radius 1 is 1.00 bits per heavy atom. The number of rotatable bonds is 4. The lowest BCUT2D eigenvalue weighted by atomic mass is 10.0. The van der Waals surface area contributed by atoms with Crippen LogP contribution in [0.25, 0.3) is 0 Å². The predicted octanol–water partition coefficient (Wildman–Crippen LogP) is 1.81. The van der Waals surface area contributed by atoms with Crippen LogP contribution in [0, 0.1) is 0 Å². The van der Waals surface area contributed by atoms with Crippen molar-refractivity contribution in [2.24, 2.45) is 0 Å². The number of nitrogens with one attached hydrogen (secondary N) is 1. The van der Waals surface area contributed by atoms with E-state index in [1.54, 1.807) is 17.0 Å². The standard InChI is InChI=1S/C18H25N3O4S/c1-14(22)19-15-7-9-16(10-8-15)26(24,25)21-13-3-2-6-17(21)18(23)20-11-4-5-12-20/h7-10,17H,2-6,11-13H2,1H3,(H,19,22)/t17-/m0/s1. The van der Waals surface area contributed by atoms with Crippen molar-refractivity contribution in [1.82, 2.24) is 9.21 Å². The Kier molecular flexibility index (Phi) is 5.62. The third-order valence-corrected chi connectivity index (χ3v) is 6.86. The van der Waals surface area contributed by atoms with E-state index in [2.05, 4.69) is 5.32 Å². The molecule has 0 spiro atoms. The largest absolute Gasteiger partial charge is 0.341 e. The van der Waals surface area contributed by atoms with Crippen LogP contribution in [0.4, 0.5) is 5.69 Å². The lowest BCUT2D eigenvalue weighted by molar-refractivity contribution is -0.135. The minimum Gasteiger partial charge on any atom is -0.341 e. The summed E-state index contributed by atoms with van der Waals surface area (Å²) in [6.45, 7) is 3.19. The van der Waals surface area contributed by atoms with Gasteiger partial charge in [0, 0.05) is 32.2 Å². The van der Waals surface area contributed by atoms with Crippen molar-refractivity contribution >= 4 is 27.5 Å². The minimum atomic E-state index is -3.76. The molecule has 0 saturated carbocycles. The molecule has 1 aromatic carbocycles. The van der Waals surface area contributed by atoms with Crippen molar-refractivity contribution in [2.45, 2.75) is 50.0 Å². The summed E-state index contributed by atoms with van der Waals surface area (Å²) in [7, 11) is -3.76. The zero-order valence-electron chi connectivity index (χ0n) is 15.0. The van der Waals surface area contributed by atoms with E-state index in [9.17, 15) is 18.0 Å². The summed E-state index contributed by atoms with van der Waals surface area (Å²) >= 11 is 0. The van der Waals surface area contributed by atoms with Gasteiger partial charge in [-0.2, -0.15) is 4.31 Å². The van der Waals surface area contributed by atoms with Crippen LogP contribution in [0.2, 0.25) is 0 Å². The van der Waals surface area contributed by atoms with E-state index in [1.165, 1.54) is 23.4 Å². The molecule has 0 unspecified atom stereocenters. The Balaban J connectivity index is 1.83. The van der Waals surface area contributed by atoms with Gasteiger partial charge in [-0.1, -0.05) is 6.42 Å². The molecular weight excluding hydrogens is 354 g/mol. The highest BCUT2D eigenvalue weighted by atomic mass is 32.2. The molecule has 0 bridgehead atoms. The molecule has 3 rings (SSSR count). The number of carbonyl (C=O) groups is 2. The fourth-order valence-electron chi connectivity index (χ4n) is 3.64. The van der Waals surface area contributed by atoms with Crippen LogP contribution in [-0.2, 0) is 19.6 Å². The van der Waals surface area contributed by atoms with Gasteiger partial charge in [0.2, 0.25) is 21.8 Å². The number of benzene rings is 1. The van der Waals surface area contributed by atoms with Crippen LogP contribution in [0.3, 0.4) is 0 Å². The zero-order valence-corrected chi connectivity index (χ0v) is 15.8. The first-order valence-electron chi connectivity index (χ1n) is 9.08. The Morgan fingerprint density at radius 2 is 1.62 bits per heavy atom. The van der Waals surface area contributed by atoms with Crippen LogP contribution in [0.1, 0.15) is 39.0 Å². The summed E-state index contributed by atoms with van der Waals surface area (Å²) in [5, 5.41) is 2.62. The molecule has 2 aliphatic rings. The van der Waals surface area contributed by atoms with Gasteiger partial charge in [0.05, 0.1) is 4.90 Å². The molecule has 2 aliphatic heterocycles. The lowest BCUT2D eigenvalue weighted by Gasteiger charge is -2.35. The summed E-state index contributed by atoms with van der Waals surface area (Å²) < 4.78 is 27.6. The van der Waals surface area contributed by atoms with Gasteiger partial charge in [0.25, 0.3) is 0 Å². The molecule has 0 radical (unpaired) electrons. The fraction of sp³-hybridized carbons (Fsp3) is 0.556. The van der Waals surface area contributed by atoms with Crippen molar-refractivity contribution in [3.05, 3.63) is 24.3 Å². The minimum absolute atomic E-state index is 0.0689. The number of carbonyl (C=O) groups excluding carboxylic acids is 2. The number of anilines is 1. The molecular formula is C18H25N3O4S. The fourth-order valence-corrected chi connectivity index (χ4v) is 5.29. The molecule has 7 nitrogen and oxygen atoms in total. The number of nitrogens with zero attached hydrogens (tertiary/aromatic N) is 2. The molecule has 0 aromatic heterocycles. The first kappa shape index (κ1) is 18.8. The van der Waals surface area contributed by atoms with Crippen LogP contribution < -0.4 is 5.32 Å². The Labute approximate surface area is 154 Å². The summed E-state index contributed by atoms with van der Waals surface area (Å²) in [6.07, 6.45) is 4.15. The van der Waals surface area contributed by atoms with Crippen molar-refractivity contribution in [3.8, 4) is 0 Å². The highest BCUT2D eigenvalue weighted by Gasteiger charge is 2.39. The lowest BCUT2D eigenvalue weighted by Crippen LogP contribution is -2.52. The summed E-state index contributed by atoms with van der Waals surface area (Å²) in [4.78, 5) is 25.9. The quantitative estimate of drug-likeness (QED) is 0.864. The normalized spacial score (nSPS) is 21.6. The summed E-state index contributed by atoms with van der Waals surface area (Å²) in [5.41, 5.74) is 0.541. The zero-order chi connectivity index (χ0) is 18.7. The molecule has 8 heteroatoms. The Hall–Kier alpha value is -1.93. The average Bonchev–Trinajstić information content (AvgIpc) is 3.16. The topological polar surface area (TPSA) is 86.8 Å². The molecule has 0 aliphatic carbocycles. The van der Waals surface area contributed by atoms with Crippen molar-refractivity contribution in [2.75, 3.05) is 25.0 Å². The number of likely N-dealkylation sites (tertiary alicyclic amines) is 1. The van der Waals surface area contributed by atoms with Crippen LogP contribution >= 0.6 is 0 Å². The molecule has 1 N–H and O–H groups in total. The molecule has 2 fully saturated rings. The smallest absolute Gasteiger partial charge is 0.243 e. The molecule has 1 atom stereocenters. The van der Waals surface area contributed by atoms with Crippen molar-refractivity contribution in [1.29, 1.82) is 0 Å². The Morgan fingerprint density at radius 3 is 2.23 bits per heavy atom. The van der Waals surface area contributed by atoms with E-state index in [0.717, 1.165) is 25.7 Å². The number of sulfonamides is 1. The van der Waals surface area contributed by atoms with Crippen LogP contribution in [0.15, 0.2) is 29.2 Å². The molecule has 2 heterocycles. The van der Waals surface area contributed by atoms with E-state index >= 15 is 0 Å². The molecule has 2 amide bonds. The molecule has 2 saturated heterocycles. The van der Waals surface area contributed by atoms with Crippen molar-refractivity contribution < 1.29 is 18.0 Å². The number of piperidine rings is 1. The average molecular weight is 379 g/mol. The second kappa shape index (κ2) is 7.75. The highest BCUT2D eigenvalue weighted by Crippen LogP contribution is 2.28. The van der Waals surface area contributed by atoms with Crippen LogP contribution in [0.5, 0.6) is 0 Å². The third kappa shape index (κ3) is 3.91. The molecule has 142 valence electrons. The summed E-state index contributed by atoms with van der Waals surface area (Å²) in [5.74, 6) is -0.284. The first-order chi connectivity index (χ1) is 12.4. The maximum Gasteiger partial charge on any atom is 0.243 e. The number of hydrogen-bond donors (Lipinski definition) is 1. The van der Waals surface area contributed by atoms with Gasteiger partial charge in [-0.15, -0.1) is 0 Å². The van der Waals surface area contributed by atoms with E-state index in [4.69, 9.17) is 0 Å². The number of amides is 2. The van der Waals surface area contributed by atoms with Gasteiger partial charge in [-0.25, -0.2) is 8.42 Å². The van der Waals surface area contributed by atoms with Gasteiger partial charge >= 0.3 is 0 Å². The molecule has 26 heavy (non-hydrogen) atoms. The second-order valence-electron chi connectivity index (χ2n) is 6.87. The van der Waals surface area contributed by atoms with Crippen LogP contribution in [-0.4, -0.2) is 55.1 Å². The van der Waals surface area contributed by atoms with E-state index in [1.807, 2.05) is 0 Å². The first-order valence-corrected chi connectivity index (χ1v) is 10.5. The van der Waals surface area contributed by atoms with Gasteiger partial charge in [-0.3, -0.25) is 9.59 Å². The van der Waals surface area contributed by atoms with Gasteiger partial charge in [-0.05, 0) is 49.9 Å². The highest BCUT2D eigenvalue weighted by molar-refractivity contribution is 7.89. The van der Waals surface area contributed by atoms with E-state index in [-0.39, 0.29) is 16.7 Å². The van der Waals surface area contributed by atoms with Crippen molar-refractivity contribution in [3.63, 3.8) is 0 Å². The van der Waals surface area contributed by atoms with Gasteiger partial charge < -0.3 is 10.2 Å². The maximum absolute atomic E-state index is 13.1. The Bertz CT molecular complexity index is 770. The summed E-state index contributed by atoms with van der Waals surface area (Å²) in [6, 6.07) is 5.48. The number of hydrogen-bond acceptors (Lipinski definition) is 4. The van der Waals surface area contributed by atoms with E-state index < -0.39 is 16.1 Å². The van der Waals surface area contributed by atoms with Gasteiger partial charge in [0.15, 0.2) is 0 Å². The predicted molar refractivity (Wildman–Crippen MR) is 98.1 cm³/mol. The van der Waals surface area contributed by atoms with E-state index in [0.29, 0.717) is 31.7 Å². The molecule has 1 aromatic rings. The second-order valence-corrected chi connectivity index (χ2v) is 8.76. The monoisotopic (exact) mass is 379 g/mol. The SMILES string of the molecule is CC(=O)Nc1ccc(S(=O)(=O)N2CCCC[C@H]2C(=O)N2CCCC2)cc1. The third-order valence-electron chi connectivity index (χ3n) is 4.94. The maximum atomic E-state index is 13.1. The van der Waals surface area contributed by atoms with Gasteiger partial charge in [0.1, 0.15) is 6.04 Å².